The normalized spacial score (nSPS) is 11.8. The van der Waals surface area contributed by atoms with Crippen molar-refractivity contribution in [1.29, 1.82) is 0 Å². The first-order valence-corrected chi connectivity index (χ1v) is 9.53. The maximum absolute atomic E-state index is 12.8. The fraction of sp³-hybridized carbons (Fsp3) is 0.500. The highest BCUT2D eigenvalue weighted by Gasteiger charge is 2.13. The minimum absolute atomic E-state index is 0.0633. The summed E-state index contributed by atoms with van der Waals surface area (Å²) in [6.07, 6.45) is 0.820. The molecule has 2 aromatic rings. The van der Waals surface area contributed by atoms with Gasteiger partial charge in [-0.1, -0.05) is 25.9 Å². The number of aromatic nitrogens is 1. The lowest BCUT2D eigenvalue weighted by atomic mass is 10.1. The Kier molecular flexibility index (Phi) is 8.69. The molecule has 1 aromatic carbocycles. The van der Waals surface area contributed by atoms with E-state index in [1.165, 1.54) is 6.07 Å². The molecule has 2 N–H and O–H groups in total. The van der Waals surface area contributed by atoms with Gasteiger partial charge in [0.2, 0.25) is 0 Å². The van der Waals surface area contributed by atoms with E-state index in [-0.39, 0.29) is 18.2 Å². The monoisotopic (exact) mass is 410 g/mol. The molecule has 0 spiro atoms. The van der Waals surface area contributed by atoms with Gasteiger partial charge < -0.3 is 24.6 Å². The largest absolute Gasteiger partial charge is 0.493 e. The topological polar surface area (TPSA) is 80.9 Å². The lowest BCUT2D eigenvalue weighted by molar-refractivity contribution is -0.0505. The molecule has 0 fully saturated rings. The highest BCUT2D eigenvalue weighted by molar-refractivity contribution is 5.79. The van der Waals surface area contributed by atoms with Crippen molar-refractivity contribution < 1.29 is 22.8 Å². The molecular formula is C20H28F2N4O3. The number of nitrogens with one attached hydrogen (secondary N) is 2. The van der Waals surface area contributed by atoms with E-state index in [1.807, 2.05) is 26.8 Å². The Labute approximate surface area is 169 Å². The van der Waals surface area contributed by atoms with Crippen molar-refractivity contribution in [3.05, 3.63) is 41.3 Å². The Morgan fingerprint density at radius 2 is 1.97 bits per heavy atom. The molecule has 9 heteroatoms. The summed E-state index contributed by atoms with van der Waals surface area (Å²) in [6, 6.07) is 6.77. The van der Waals surface area contributed by atoms with E-state index < -0.39 is 6.61 Å². The number of aliphatic imine (C=N–C) groups is 1. The summed E-state index contributed by atoms with van der Waals surface area (Å²) >= 11 is 0. The number of hydrogen-bond donors (Lipinski definition) is 2. The molecule has 0 aliphatic rings. The quantitative estimate of drug-likeness (QED) is 0.454. The molecule has 0 unspecified atom stereocenters. The maximum Gasteiger partial charge on any atom is 0.387 e. The third-order valence-electron chi connectivity index (χ3n) is 4.00. The van der Waals surface area contributed by atoms with Crippen LogP contribution in [0.3, 0.4) is 0 Å². The third kappa shape index (κ3) is 7.24. The number of hydrogen-bond acceptors (Lipinski definition) is 5. The number of nitrogens with zero attached hydrogens (tertiary/aromatic N) is 2. The first-order chi connectivity index (χ1) is 13.9. The SMILES string of the molecule is CCCOc1ccc(CNC(=NC)NCc2cc(C(C)C)no2)c(OC(F)F)c1. The van der Waals surface area contributed by atoms with Crippen molar-refractivity contribution in [2.75, 3.05) is 13.7 Å². The number of guanidine groups is 1. The van der Waals surface area contributed by atoms with E-state index in [2.05, 4.69) is 25.5 Å². The summed E-state index contributed by atoms with van der Waals surface area (Å²) < 4.78 is 41.0. The van der Waals surface area contributed by atoms with Crippen molar-refractivity contribution in [3.63, 3.8) is 0 Å². The number of alkyl halides is 2. The smallest absolute Gasteiger partial charge is 0.387 e. The average Bonchev–Trinajstić information content (AvgIpc) is 3.16. The van der Waals surface area contributed by atoms with E-state index >= 15 is 0 Å². The molecule has 1 heterocycles. The van der Waals surface area contributed by atoms with Gasteiger partial charge in [0.25, 0.3) is 0 Å². The van der Waals surface area contributed by atoms with Gasteiger partial charge in [0.05, 0.1) is 18.8 Å². The van der Waals surface area contributed by atoms with Crippen LogP contribution in [0.15, 0.2) is 33.8 Å². The molecule has 1 aromatic heterocycles. The van der Waals surface area contributed by atoms with E-state index in [0.717, 1.165) is 12.1 Å². The van der Waals surface area contributed by atoms with E-state index in [9.17, 15) is 8.78 Å². The minimum atomic E-state index is -2.92. The Hall–Kier alpha value is -2.84. The molecule has 0 bridgehead atoms. The van der Waals surface area contributed by atoms with Crippen LogP contribution in [0.1, 0.15) is 50.1 Å². The van der Waals surface area contributed by atoms with Gasteiger partial charge in [-0.05, 0) is 24.5 Å². The summed E-state index contributed by atoms with van der Waals surface area (Å²) in [5, 5.41) is 10.2. The van der Waals surface area contributed by atoms with Crippen LogP contribution in [0.25, 0.3) is 0 Å². The molecule has 0 saturated carbocycles. The lowest BCUT2D eigenvalue weighted by Crippen LogP contribution is -2.36. The van der Waals surface area contributed by atoms with Crippen LogP contribution in [-0.2, 0) is 13.1 Å². The van der Waals surface area contributed by atoms with E-state index in [4.69, 9.17) is 9.26 Å². The molecule has 7 nitrogen and oxygen atoms in total. The second kappa shape index (κ2) is 11.2. The molecule has 0 atom stereocenters. The number of ether oxygens (including phenoxy) is 2. The van der Waals surface area contributed by atoms with Gasteiger partial charge in [-0.25, -0.2) is 0 Å². The van der Waals surface area contributed by atoms with Gasteiger partial charge in [-0.15, -0.1) is 0 Å². The highest BCUT2D eigenvalue weighted by Crippen LogP contribution is 2.26. The maximum atomic E-state index is 12.8. The summed E-state index contributed by atoms with van der Waals surface area (Å²) in [5.74, 6) is 1.99. The van der Waals surface area contributed by atoms with Crippen LogP contribution in [0.4, 0.5) is 8.78 Å². The predicted molar refractivity (Wildman–Crippen MR) is 106 cm³/mol. The zero-order chi connectivity index (χ0) is 21.2. The number of halogens is 2. The zero-order valence-electron chi connectivity index (χ0n) is 17.2. The van der Waals surface area contributed by atoms with Crippen LogP contribution in [-0.4, -0.2) is 31.4 Å². The van der Waals surface area contributed by atoms with Crippen molar-refractivity contribution >= 4 is 5.96 Å². The minimum Gasteiger partial charge on any atom is -0.493 e. The summed E-state index contributed by atoms with van der Waals surface area (Å²) in [6.45, 7) is 4.25. The van der Waals surface area contributed by atoms with Crippen LogP contribution in [0.5, 0.6) is 11.5 Å². The van der Waals surface area contributed by atoms with Crippen LogP contribution in [0.2, 0.25) is 0 Å². The standard InChI is InChI=1S/C20H28F2N4O3/c1-5-8-27-15-7-6-14(18(10-15)28-19(21)22)11-24-20(23-4)25-12-16-9-17(13(2)3)26-29-16/h6-7,9-10,13,19H,5,8,11-12H2,1-4H3,(H2,23,24,25). The van der Waals surface area contributed by atoms with Crippen molar-refractivity contribution in [1.82, 2.24) is 15.8 Å². The summed E-state index contributed by atoms with van der Waals surface area (Å²) in [4.78, 5) is 4.13. The van der Waals surface area contributed by atoms with E-state index in [1.54, 1.807) is 19.2 Å². The predicted octanol–water partition coefficient (Wildman–Crippen LogP) is 4.05. The van der Waals surface area contributed by atoms with Gasteiger partial charge in [-0.3, -0.25) is 4.99 Å². The Bertz CT molecular complexity index is 794. The van der Waals surface area contributed by atoms with Crippen LogP contribution < -0.4 is 20.1 Å². The average molecular weight is 410 g/mol. The fourth-order valence-electron chi connectivity index (χ4n) is 2.45. The molecule has 0 radical (unpaired) electrons. The molecule has 0 aliphatic heterocycles. The first kappa shape index (κ1) is 22.4. The molecule has 0 aliphatic carbocycles. The van der Waals surface area contributed by atoms with Gasteiger partial charge in [-0.2, -0.15) is 8.78 Å². The summed E-state index contributed by atoms with van der Waals surface area (Å²) in [7, 11) is 1.62. The second-order valence-corrected chi connectivity index (χ2v) is 6.65. The van der Waals surface area contributed by atoms with E-state index in [0.29, 0.717) is 36.2 Å². The van der Waals surface area contributed by atoms with Gasteiger partial charge >= 0.3 is 6.61 Å². The molecule has 160 valence electrons. The molecule has 29 heavy (non-hydrogen) atoms. The van der Waals surface area contributed by atoms with Gasteiger partial charge in [0.15, 0.2) is 11.7 Å². The van der Waals surface area contributed by atoms with Crippen molar-refractivity contribution in [2.24, 2.45) is 4.99 Å². The molecular weight excluding hydrogens is 382 g/mol. The first-order valence-electron chi connectivity index (χ1n) is 9.53. The third-order valence-corrected chi connectivity index (χ3v) is 4.00. The Morgan fingerprint density at radius 3 is 2.59 bits per heavy atom. The van der Waals surface area contributed by atoms with Crippen molar-refractivity contribution in [2.45, 2.75) is 52.8 Å². The van der Waals surface area contributed by atoms with Crippen LogP contribution in [0, 0.1) is 0 Å². The summed E-state index contributed by atoms with van der Waals surface area (Å²) in [5.41, 5.74) is 1.43. The number of rotatable bonds is 10. The molecule has 0 saturated heterocycles. The molecule has 2 rings (SSSR count). The van der Waals surface area contributed by atoms with Crippen LogP contribution >= 0.6 is 0 Å². The highest BCUT2D eigenvalue weighted by atomic mass is 19.3. The second-order valence-electron chi connectivity index (χ2n) is 6.65. The Balaban J connectivity index is 1.97. The Morgan fingerprint density at radius 1 is 1.21 bits per heavy atom. The van der Waals surface area contributed by atoms with Crippen molar-refractivity contribution in [3.8, 4) is 11.5 Å². The lowest BCUT2D eigenvalue weighted by Gasteiger charge is -2.15. The van der Waals surface area contributed by atoms with Gasteiger partial charge in [0.1, 0.15) is 11.5 Å². The van der Waals surface area contributed by atoms with Gasteiger partial charge in [0, 0.05) is 31.3 Å². The zero-order valence-corrected chi connectivity index (χ0v) is 17.2. The fourth-order valence-corrected chi connectivity index (χ4v) is 2.45. The number of benzene rings is 1. The molecule has 0 amide bonds.